The molecule has 108 valence electrons. The molecule has 0 amide bonds. The molecule has 2 aromatic carbocycles. The molecular weight excluding hydrogens is 291 g/mol. The van der Waals surface area contributed by atoms with Crippen molar-refractivity contribution < 1.29 is 26.4 Å². The molecule has 0 radical (unpaired) electrons. The molecule has 1 fully saturated rings. The van der Waals surface area contributed by atoms with E-state index in [-0.39, 0.29) is 35.4 Å². The number of hydrogen-bond donors (Lipinski definition) is 0. The molecule has 0 N–H and O–H groups in total. The fourth-order valence-corrected chi connectivity index (χ4v) is 1.85. The first-order valence-corrected chi connectivity index (χ1v) is 6.66. The van der Waals surface area contributed by atoms with Gasteiger partial charge in [-0.25, -0.2) is 24.3 Å². The molecule has 0 atom stereocenters. The van der Waals surface area contributed by atoms with E-state index in [2.05, 4.69) is 27.7 Å². The second-order valence-corrected chi connectivity index (χ2v) is 5.77. The predicted molar refractivity (Wildman–Crippen MR) is 79.8 cm³/mol. The first kappa shape index (κ1) is 17.3. The summed E-state index contributed by atoms with van der Waals surface area (Å²) in [5, 5.41) is 0. The predicted octanol–water partition coefficient (Wildman–Crippen LogP) is 3.11. The van der Waals surface area contributed by atoms with Crippen LogP contribution in [-0.2, 0) is 26.4 Å². The summed E-state index contributed by atoms with van der Waals surface area (Å²) in [4.78, 5) is 0. The molecule has 0 spiro atoms. The van der Waals surface area contributed by atoms with Crippen molar-refractivity contribution in [2.75, 3.05) is 0 Å². The van der Waals surface area contributed by atoms with Crippen LogP contribution in [0.15, 0.2) is 54.6 Å². The third kappa shape index (κ3) is 3.86. The van der Waals surface area contributed by atoms with E-state index in [0.29, 0.717) is 0 Å². The molecule has 2 aromatic rings. The second kappa shape index (κ2) is 6.77. The van der Waals surface area contributed by atoms with Crippen LogP contribution in [-0.4, -0.2) is 18.3 Å². The molecule has 1 saturated heterocycles. The summed E-state index contributed by atoms with van der Waals surface area (Å²) in [7, 11) is -0.213. The standard InChI is InChI=1S/C11H16BO2.C5H5.Fe/c1-10(2)11(3,4)14-12(13-10)9-7-5-6-8-9;1-2-4-5-3-1;/h5-8H,1-4H3;1-5H;/q2*-1;+2. The zero-order valence-corrected chi connectivity index (χ0v) is 13.5. The summed E-state index contributed by atoms with van der Waals surface area (Å²) in [6.45, 7) is 8.26. The minimum absolute atomic E-state index is 0. The maximum absolute atomic E-state index is 5.89. The number of rotatable bonds is 1. The van der Waals surface area contributed by atoms with Crippen molar-refractivity contribution in [1.82, 2.24) is 0 Å². The van der Waals surface area contributed by atoms with Gasteiger partial charge in [0.2, 0.25) is 0 Å². The fraction of sp³-hybridized carbons (Fsp3) is 0.375. The van der Waals surface area contributed by atoms with E-state index in [4.69, 9.17) is 9.31 Å². The fourth-order valence-electron chi connectivity index (χ4n) is 1.85. The van der Waals surface area contributed by atoms with Gasteiger partial charge in [0.05, 0.1) is 11.2 Å². The van der Waals surface area contributed by atoms with Crippen LogP contribution in [0.4, 0.5) is 0 Å². The summed E-state index contributed by atoms with van der Waals surface area (Å²) in [5.74, 6) is 0. The average Bonchev–Trinajstić information content (AvgIpc) is 3.05. The molecule has 0 aliphatic carbocycles. The van der Waals surface area contributed by atoms with Crippen molar-refractivity contribution >= 4 is 12.6 Å². The van der Waals surface area contributed by atoms with Crippen LogP contribution in [0.5, 0.6) is 0 Å². The van der Waals surface area contributed by atoms with Crippen molar-refractivity contribution in [1.29, 1.82) is 0 Å². The van der Waals surface area contributed by atoms with Gasteiger partial charge < -0.3 is 9.31 Å². The molecule has 1 heterocycles. The smallest absolute Gasteiger partial charge is 0.401 e. The Labute approximate surface area is 132 Å². The van der Waals surface area contributed by atoms with Gasteiger partial charge in [0.15, 0.2) is 0 Å². The van der Waals surface area contributed by atoms with Crippen molar-refractivity contribution in [3.05, 3.63) is 54.6 Å². The maximum Gasteiger partial charge on any atom is 2.00 e. The Morgan fingerprint density at radius 3 is 1.80 bits per heavy atom. The van der Waals surface area contributed by atoms with Gasteiger partial charge in [0.1, 0.15) is 0 Å². The van der Waals surface area contributed by atoms with Crippen LogP contribution < -0.4 is 5.46 Å². The SMILES string of the molecule is CC1(C)OB(c2ccc[cH-]2)OC1(C)C.[Fe+2].c1cc[cH-]c1. The number of hydrogen-bond acceptors (Lipinski definition) is 2. The average molecular weight is 312 g/mol. The van der Waals surface area contributed by atoms with Gasteiger partial charge in [0.25, 0.3) is 0 Å². The Kier molecular flexibility index (Phi) is 5.84. The van der Waals surface area contributed by atoms with Crippen molar-refractivity contribution in [2.45, 2.75) is 38.9 Å². The quantitative estimate of drug-likeness (QED) is 0.595. The van der Waals surface area contributed by atoms with E-state index >= 15 is 0 Å². The Morgan fingerprint density at radius 2 is 1.45 bits per heavy atom. The third-order valence-electron chi connectivity index (χ3n) is 3.77. The van der Waals surface area contributed by atoms with Gasteiger partial charge in [-0.05, 0) is 27.7 Å². The van der Waals surface area contributed by atoms with Crippen LogP contribution in [0.25, 0.3) is 0 Å². The molecule has 0 aromatic heterocycles. The van der Waals surface area contributed by atoms with Crippen LogP contribution in [0, 0.1) is 0 Å². The van der Waals surface area contributed by atoms with Gasteiger partial charge in [-0.1, -0.05) is 0 Å². The minimum Gasteiger partial charge on any atom is -0.401 e. The van der Waals surface area contributed by atoms with E-state index in [1.165, 1.54) is 0 Å². The van der Waals surface area contributed by atoms with E-state index in [9.17, 15) is 0 Å². The molecule has 1 aliphatic heterocycles. The molecular formula is C16H21BFeO2. The Balaban J connectivity index is 0.000000283. The Hall–Kier alpha value is -0.796. The monoisotopic (exact) mass is 312 g/mol. The van der Waals surface area contributed by atoms with Gasteiger partial charge in [0, 0.05) is 0 Å². The van der Waals surface area contributed by atoms with Gasteiger partial charge in [-0.2, -0.15) is 30.3 Å². The summed E-state index contributed by atoms with van der Waals surface area (Å²) < 4.78 is 11.8. The Morgan fingerprint density at radius 1 is 0.900 bits per heavy atom. The van der Waals surface area contributed by atoms with E-state index in [0.717, 1.165) is 5.46 Å². The zero-order valence-electron chi connectivity index (χ0n) is 12.4. The first-order valence-electron chi connectivity index (χ1n) is 6.66. The molecule has 2 nitrogen and oxygen atoms in total. The largest absolute Gasteiger partial charge is 2.00 e. The van der Waals surface area contributed by atoms with Crippen molar-refractivity contribution in [2.24, 2.45) is 0 Å². The van der Waals surface area contributed by atoms with Gasteiger partial charge in [-0.15, -0.1) is 5.46 Å². The van der Waals surface area contributed by atoms with E-state index < -0.39 is 0 Å². The van der Waals surface area contributed by atoms with Crippen LogP contribution in [0.2, 0.25) is 0 Å². The van der Waals surface area contributed by atoms with Crippen molar-refractivity contribution in [3.8, 4) is 0 Å². The summed E-state index contributed by atoms with van der Waals surface area (Å²) in [5.41, 5.74) is 0.618. The summed E-state index contributed by atoms with van der Waals surface area (Å²) in [6.07, 6.45) is 0. The van der Waals surface area contributed by atoms with Crippen molar-refractivity contribution in [3.63, 3.8) is 0 Å². The molecule has 20 heavy (non-hydrogen) atoms. The van der Waals surface area contributed by atoms with E-state index in [1.54, 1.807) is 0 Å². The normalized spacial score (nSPS) is 18.9. The maximum atomic E-state index is 5.89. The molecule has 0 unspecified atom stereocenters. The molecule has 4 heteroatoms. The van der Waals surface area contributed by atoms with Gasteiger partial charge in [-0.3, -0.25) is 0 Å². The first-order chi connectivity index (χ1) is 8.92. The zero-order chi connectivity index (χ0) is 13.9. The summed E-state index contributed by atoms with van der Waals surface area (Å²) in [6, 6.07) is 18.1. The minimum atomic E-state index is -0.241. The molecule has 3 rings (SSSR count). The summed E-state index contributed by atoms with van der Waals surface area (Å²) >= 11 is 0. The second-order valence-electron chi connectivity index (χ2n) is 5.77. The topological polar surface area (TPSA) is 18.5 Å². The van der Waals surface area contributed by atoms with Gasteiger partial charge >= 0.3 is 24.2 Å². The van der Waals surface area contributed by atoms with Crippen LogP contribution >= 0.6 is 0 Å². The molecule has 0 bridgehead atoms. The molecule has 0 saturated carbocycles. The van der Waals surface area contributed by atoms with E-state index in [1.807, 2.05) is 54.6 Å². The third-order valence-corrected chi connectivity index (χ3v) is 3.77. The van der Waals surface area contributed by atoms with Crippen LogP contribution in [0.1, 0.15) is 27.7 Å². The Bertz CT molecular complexity index is 441. The molecule has 1 aliphatic rings. The van der Waals surface area contributed by atoms with Crippen LogP contribution in [0.3, 0.4) is 0 Å².